The van der Waals surface area contributed by atoms with E-state index in [2.05, 4.69) is 0 Å². The van der Waals surface area contributed by atoms with Crippen LogP contribution in [0.2, 0.25) is 0 Å². The highest BCUT2D eigenvalue weighted by Crippen LogP contribution is 2.52. The van der Waals surface area contributed by atoms with E-state index in [1.54, 1.807) is 0 Å². The molecule has 2 aliphatic carbocycles. The molecule has 2 saturated carbocycles. The van der Waals surface area contributed by atoms with Crippen molar-refractivity contribution in [2.24, 2.45) is 5.92 Å². The molecule has 2 bridgehead atoms. The average Bonchev–Trinajstić information content (AvgIpc) is 3.63. The first kappa shape index (κ1) is 26.2. The molecule has 0 radical (unpaired) electrons. The Balaban J connectivity index is 1.40. The highest BCUT2D eigenvalue weighted by Gasteiger charge is 2.74. The molecule has 3 aliphatic heterocycles. The van der Waals surface area contributed by atoms with Crippen LogP contribution >= 0.6 is 0 Å². The summed E-state index contributed by atoms with van der Waals surface area (Å²) in [7, 11) is -8.98. The minimum Gasteiger partial charge on any atom is -0.744 e. The van der Waals surface area contributed by atoms with E-state index in [0.717, 1.165) is 38.5 Å². The molecular formula is C25H29O11S2-. The van der Waals surface area contributed by atoms with Gasteiger partial charge >= 0.3 is 11.9 Å². The largest absolute Gasteiger partial charge is 0.744 e. The van der Waals surface area contributed by atoms with Gasteiger partial charge < -0.3 is 18.8 Å². The summed E-state index contributed by atoms with van der Waals surface area (Å²) in [6.45, 7) is 1.17. The number of esters is 2. The average molecular weight is 570 g/mol. The molecule has 0 aromatic heterocycles. The summed E-state index contributed by atoms with van der Waals surface area (Å²) >= 11 is 0. The number of benzene rings is 1. The predicted molar refractivity (Wildman–Crippen MR) is 128 cm³/mol. The topological polar surface area (TPSA) is 162 Å². The second-order valence-electron chi connectivity index (χ2n) is 10.9. The molecule has 6 unspecified atom stereocenters. The SMILES string of the molecule is CC(=O)OC1C2OS(=O)(=O)C3C2OC1C3C(=O)Oc1cc(C2CCCC2)c(S(=O)(=O)[O-])cc1C1CCCC1. The molecular weight excluding hydrogens is 540 g/mol. The van der Waals surface area contributed by atoms with Gasteiger partial charge in [0.25, 0.3) is 10.1 Å². The smallest absolute Gasteiger partial charge is 0.318 e. The summed E-state index contributed by atoms with van der Waals surface area (Å²) in [5, 5.41) is -1.30. The summed E-state index contributed by atoms with van der Waals surface area (Å²) in [6.07, 6.45) is 2.37. The van der Waals surface area contributed by atoms with Gasteiger partial charge in [-0.05, 0) is 60.8 Å². The molecule has 3 heterocycles. The predicted octanol–water partition coefficient (Wildman–Crippen LogP) is 2.24. The lowest BCUT2D eigenvalue weighted by atomic mass is 9.84. The summed E-state index contributed by atoms with van der Waals surface area (Å²) < 4.78 is 84.6. The molecule has 5 fully saturated rings. The Bertz CT molecular complexity index is 1370. The zero-order valence-corrected chi connectivity index (χ0v) is 22.4. The lowest BCUT2D eigenvalue weighted by Crippen LogP contribution is -2.50. The number of ether oxygens (including phenoxy) is 3. The number of carbonyl (C=O) groups excluding carboxylic acids is 2. The third-order valence-corrected chi connectivity index (χ3v) is 11.3. The Morgan fingerprint density at radius 1 is 0.947 bits per heavy atom. The van der Waals surface area contributed by atoms with Gasteiger partial charge in [-0.25, -0.2) is 8.42 Å². The van der Waals surface area contributed by atoms with E-state index in [1.165, 1.54) is 19.1 Å². The first-order valence-corrected chi connectivity index (χ1v) is 15.9. The van der Waals surface area contributed by atoms with E-state index in [0.29, 0.717) is 24.0 Å². The molecule has 1 aromatic carbocycles. The van der Waals surface area contributed by atoms with Crippen molar-refractivity contribution < 1.29 is 49.4 Å². The molecule has 0 N–H and O–H groups in total. The minimum absolute atomic E-state index is 0.107. The van der Waals surface area contributed by atoms with Gasteiger partial charge in [0, 0.05) is 6.92 Å². The maximum absolute atomic E-state index is 13.7. The van der Waals surface area contributed by atoms with Gasteiger partial charge in [0.2, 0.25) is 0 Å². The standard InChI is InChI=1S/C25H30O11S2/c1-12(26)33-21-20-19(24-23(35-20)22(21)36-38(24,31)32)25(27)34-17-10-16(14-8-4-5-9-14)18(37(28,29)30)11-15(17)13-6-2-3-7-13/h10-11,13-14,19-24H,2-9H2,1H3,(H,28,29,30)/p-1. The molecule has 1 aromatic rings. The van der Waals surface area contributed by atoms with Crippen LogP contribution in [-0.2, 0) is 43.5 Å². The van der Waals surface area contributed by atoms with Gasteiger partial charge in [0.1, 0.15) is 45.3 Å². The van der Waals surface area contributed by atoms with Crippen LogP contribution in [0.5, 0.6) is 5.75 Å². The lowest BCUT2D eigenvalue weighted by molar-refractivity contribution is -0.157. The highest BCUT2D eigenvalue weighted by molar-refractivity contribution is 7.87. The van der Waals surface area contributed by atoms with Gasteiger partial charge in [0.15, 0.2) is 6.10 Å². The van der Waals surface area contributed by atoms with Crippen molar-refractivity contribution in [1.29, 1.82) is 0 Å². The monoisotopic (exact) mass is 569 g/mol. The molecule has 38 heavy (non-hydrogen) atoms. The van der Waals surface area contributed by atoms with Gasteiger partial charge in [-0.3, -0.25) is 13.8 Å². The fraction of sp³-hybridized carbons (Fsp3) is 0.680. The number of rotatable bonds is 6. The second-order valence-corrected chi connectivity index (χ2v) is 14.0. The van der Waals surface area contributed by atoms with Crippen molar-refractivity contribution in [1.82, 2.24) is 0 Å². The molecule has 6 atom stereocenters. The van der Waals surface area contributed by atoms with Gasteiger partial charge in [0.05, 0.1) is 4.90 Å². The summed E-state index contributed by atoms with van der Waals surface area (Å²) in [5.41, 5.74) is 0.789. The Labute approximate surface area is 221 Å². The van der Waals surface area contributed by atoms with Crippen molar-refractivity contribution in [2.75, 3.05) is 0 Å². The summed E-state index contributed by atoms with van der Waals surface area (Å²) in [5.74, 6) is -2.99. The van der Waals surface area contributed by atoms with Crippen LogP contribution in [-0.4, -0.2) is 63.0 Å². The highest BCUT2D eigenvalue weighted by atomic mass is 32.2. The minimum atomic E-state index is -4.79. The molecule has 208 valence electrons. The van der Waals surface area contributed by atoms with E-state index in [4.69, 9.17) is 18.4 Å². The fourth-order valence-electron chi connectivity index (χ4n) is 7.11. The molecule has 13 heteroatoms. The number of carbonyl (C=O) groups is 2. The zero-order chi connectivity index (χ0) is 27.0. The van der Waals surface area contributed by atoms with Crippen LogP contribution < -0.4 is 4.74 Å². The maximum Gasteiger partial charge on any atom is 0.318 e. The number of hydrogen-bond donors (Lipinski definition) is 0. The molecule has 0 spiro atoms. The molecule has 6 rings (SSSR count). The number of hydrogen-bond acceptors (Lipinski definition) is 11. The van der Waals surface area contributed by atoms with Gasteiger partial charge in [-0.2, -0.15) is 8.42 Å². The number of fused-ring (bicyclic) bond motifs is 1. The van der Waals surface area contributed by atoms with Gasteiger partial charge in [-0.15, -0.1) is 0 Å². The van der Waals surface area contributed by atoms with Crippen molar-refractivity contribution in [3.63, 3.8) is 0 Å². The molecule has 5 aliphatic rings. The van der Waals surface area contributed by atoms with Crippen molar-refractivity contribution >= 4 is 32.2 Å². The normalized spacial score (nSPS) is 34.2. The Morgan fingerprint density at radius 2 is 1.55 bits per heavy atom. The second kappa shape index (κ2) is 9.26. The van der Waals surface area contributed by atoms with E-state index in [1.807, 2.05) is 0 Å². The van der Waals surface area contributed by atoms with Gasteiger partial charge in [-0.1, -0.05) is 25.7 Å². The zero-order valence-electron chi connectivity index (χ0n) is 20.7. The van der Waals surface area contributed by atoms with Crippen LogP contribution in [0.3, 0.4) is 0 Å². The first-order valence-electron chi connectivity index (χ1n) is 13.1. The van der Waals surface area contributed by atoms with Crippen LogP contribution in [0, 0.1) is 5.92 Å². The molecule has 0 amide bonds. The maximum atomic E-state index is 13.7. The lowest BCUT2D eigenvalue weighted by Gasteiger charge is -2.28. The summed E-state index contributed by atoms with van der Waals surface area (Å²) in [4.78, 5) is 25.0. The van der Waals surface area contributed by atoms with Crippen molar-refractivity contribution in [3.05, 3.63) is 23.3 Å². The van der Waals surface area contributed by atoms with Crippen molar-refractivity contribution in [3.8, 4) is 5.75 Å². The fourth-order valence-corrected chi connectivity index (χ4v) is 9.72. The third-order valence-electron chi connectivity index (χ3n) is 8.68. The van der Waals surface area contributed by atoms with E-state index in [9.17, 15) is 31.0 Å². The van der Waals surface area contributed by atoms with E-state index >= 15 is 0 Å². The Hall–Kier alpha value is -2.06. The Morgan fingerprint density at radius 3 is 2.13 bits per heavy atom. The van der Waals surface area contributed by atoms with Crippen LogP contribution in [0.15, 0.2) is 17.0 Å². The van der Waals surface area contributed by atoms with Crippen LogP contribution in [0.4, 0.5) is 0 Å². The molecule has 3 saturated heterocycles. The van der Waals surface area contributed by atoms with Crippen molar-refractivity contribution in [2.45, 2.75) is 105 Å². The third kappa shape index (κ3) is 4.26. The first-order chi connectivity index (χ1) is 18.0. The van der Waals surface area contributed by atoms with E-state index in [-0.39, 0.29) is 22.5 Å². The molecule has 11 nitrogen and oxygen atoms in total. The quantitative estimate of drug-likeness (QED) is 0.214. The summed E-state index contributed by atoms with van der Waals surface area (Å²) in [6, 6.07) is 2.85. The van der Waals surface area contributed by atoms with Crippen LogP contribution in [0.25, 0.3) is 0 Å². The van der Waals surface area contributed by atoms with E-state index < -0.39 is 67.8 Å². The van der Waals surface area contributed by atoms with Crippen LogP contribution in [0.1, 0.15) is 81.3 Å². The Kier molecular flexibility index (Phi) is 6.38.